The number of likely N-dealkylation sites (tertiary alicyclic amines) is 1. The molecule has 2 saturated heterocycles. The van der Waals surface area contributed by atoms with Gasteiger partial charge in [0.15, 0.2) is 0 Å². The first-order valence-electron chi connectivity index (χ1n) is 12.7. The highest BCUT2D eigenvalue weighted by atomic mass is 35.5. The average molecular weight is 534 g/mol. The lowest BCUT2D eigenvalue weighted by molar-refractivity contribution is -0.133. The Bertz CT molecular complexity index is 1100. The lowest BCUT2D eigenvalue weighted by atomic mass is 9.95. The first-order valence-corrected chi connectivity index (χ1v) is 13.5. The smallest absolute Gasteiger partial charge is 0.231 e. The summed E-state index contributed by atoms with van der Waals surface area (Å²) in [5.41, 5.74) is 2.63. The predicted molar refractivity (Wildman–Crippen MR) is 140 cm³/mol. The van der Waals surface area contributed by atoms with Gasteiger partial charge in [-0.2, -0.15) is 0 Å². The molecule has 36 heavy (non-hydrogen) atoms. The van der Waals surface area contributed by atoms with Crippen molar-refractivity contribution in [2.75, 3.05) is 50.7 Å². The summed E-state index contributed by atoms with van der Waals surface area (Å²) in [6.07, 6.45) is 2.83. The Balaban J connectivity index is 1.31. The van der Waals surface area contributed by atoms with Crippen LogP contribution in [-0.2, 0) is 4.79 Å². The Morgan fingerprint density at radius 3 is 2.47 bits per heavy atom. The van der Waals surface area contributed by atoms with Crippen LogP contribution < -0.4 is 4.90 Å². The minimum atomic E-state index is -0.539. The van der Waals surface area contributed by atoms with E-state index in [0.717, 1.165) is 48.6 Å². The zero-order valence-corrected chi connectivity index (χ0v) is 22.0. The molecule has 1 amide bonds. The highest BCUT2D eigenvalue weighted by Gasteiger charge is 2.35. The Morgan fingerprint density at radius 1 is 1.06 bits per heavy atom. The number of aliphatic hydroxyl groups is 2. The number of aliphatic hydroxyl groups excluding tert-OH is 2. The second kappa shape index (κ2) is 10.8. The Morgan fingerprint density at radius 2 is 1.78 bits per heavy atom. The lowest BCUT2D eigenvalue weighted by Crippen LogP contribution is -2.52. The summed E-state index contributed by atoms with van der Waals surface area (Å²) >= 11 is 12.5. The van der Waals surface area contributed by atoms with E-state index in [1.807, 2.05) is 11.0 Å². The zero-order chi connectivity index (χ0) is 25.4. The summed E-state index contributed by atoms with van der Waals surface area (Å²) in [6, 6.07) is 5.45. The van der Waals surface area contributed by atoms with Gasteiger partial charge in [-0.15, -0.1) is 0 Å². The number of hydrogen-bond acceptors (Lipinski definition) is 7. The number of halogens is 2. The van der Waals surface area contributed by atoms with Crippen molar-refractivity contribution in [1.82, 2.24) is 19.8 Å². The van der Waals surface area contributed by atoms with Crippen molar-refractivity contribution >= 4 is 34.9 Å². The maximum atomic E-state index is 13.9. The molecule has 8 nitrogen and oxygen atoms in total. The van der Waals surface area contributed by atoms with E-state index >= 15 is 0 Å². The van der Waals surface area contributed by atoms with Gasteiger partial charge in [-0.05, 0) is 42.9 Å². The van der Waals surface area contributed by atoms with Gasteiger partial charge in [0.05, 0.1) is 33.9 Å². The van der Waals surface area contributed by atoms with E-state index in [0.29, 0.717) is 49.2 Å². The fourth-order valence-electron chi connectivity index (χ4n) is 5.73. The summed E-state index contributed by atoms with van der Waals surface area (Å²) in [7, 11) is 0. The maximum absolute atomic E-state index is 13.9. The number of aromatic nitrogens is 2. The van der Waals surface area contributed by atoms with Crippen LogP contribution in [-0.4, -0.2) is 87.8 Å². The van der Waals surface area contributed by atoms with E-state index in [1.54, 1.807) is 12.1 Å². The average Bonchev–Trinajstić information content (AvgIpc) is 3.18. The third-order valence-corrected chi connectivity index (χ3v) is 8.55. The van der Waals surface area contributed by atoms with Crippen molar-refractivity contribution < 1.29 is 15.0 Å². The number of anilines is 1. The number of benzene rings is 1. The summed E-state index contributed by atoms with van der Waals surface area (Å²) < 4.78 is 0. The molecule has 1 aliphatic carbocycles. The first kappa shape index (κ1) is 25.7. The minimum absolute atomic E-state index is 0.0795. The van der Waals surface area contributed by atoms with Gasteiger partial charge >= 0.3 is 0 Å². The monoisotopic (exact) mass is 533 g/mol. The van der Waals surface area contributed by atoms with Gasteiger partial charge in [0.2, 0.25) is 5.91 Å². The summed E-state index contributed by atoms with van der Waals surface area (Å²) in [5, 5.41) is 21.2. The molecule has 3 atom stereocenters. The minimum Gasteiger partial charge on any atom is -0.393 e. The molecule has 0 saturated carbocycles. The molecule has 2 aliphatic heterocycles. The highest BCUT2D eigenvalue weighted by Crippen LogP contribution is 2.43. The van der Waals surface area contributed by atoms with Gasteiger partial charge in [-0.1, -0.05) is 36.2 Å². The van der Waals surface area contributed by atoms with E-state index in [2.05, 4.69) is 26.7 Å². The van der Waals surface area contributed by atoms with Crippen molar-refractivity contribution in [3.8, 4) is 0 Å². The Hall–Kier alpha value is -1.97. The molecule has 5 rings (SSSR count). The molecule has 1 aromatic heterocycles. The van der Waals surface area contributed by atoms with Crippen molar-refractivity contribution in [1.29, 1.82) is 0 Å². The largest absolute Gasteiger partial charge is 0.393 e. The van der Waals surface area contributed by atoms with E-state index < -0.39 is 6.10 Å². The molecule has 3 heterocycles. The van der Waals surface area contributed by atoms with Gasteiger partial charge in [0.1, 0.15) is 12.1 Å². The first-order chi connectivity index (χ1) is 17.3. The SMILES string of the molecule is C[C@@H]1C[C@@H](O)c2ncnc(N3CCN(C(=O)[C@@H](CN4CCC(O)CC4)c4ccc(Cl)c(Cl)c4)CC3)c21. The molecule has 1 aromatic carbocycles. The second-order valence-corrected chi connectivity index (χ2v) is 11.0. The van der Waals surface area contributed by atoms with Gasteiger partial charge in [0.25, 0.3) is 0 Å². The number of fused-ring (bicyclic) bond motifs is 1. The van der Waals surface area contributed by atoms with E-state index in [4.69, 9.17) is 23.2 Å². The molecule has 0 unspecified atom stereocenters. The Labute approximate surface area is 221 Å². The number of carbonyl (C=O) groups is 1. The maximum Gasteiger partial charge on any atom is 0.231 e. The van der Waals surface area contributed by atoms with Crippen LogP contribution in [0.4, 0.5) is 5.82 Å². The third kappa shape index (κ3) is 5.20. The molecule has 3 aliphatic rings. The number of rotatable bonds is 5. The topological polar surface area (TPSA) is 93.0 Å². The van der Waals surface area contributed by atoms with Crippen LogP contribution in [0, 0.1) is 0 Å². The van der Waals surface area contributed by atoms with Crippen LogP contribution in [0.15, 0.2) is 24.5 Å². The third-order valence-electron chi connectivity index (χ3n) is 7.81. The van der Waals surface area contributed by atoms with Crippen LogP contribution in [0.25, 0.3) is 0 Å². The van der Waals surface area contributed by atoms with Crippen molar-refractivity contribution in [3.63, 3.8) is 0 Å². The number of carbonyl (C=O) groups excluding carboxylic acids is 1. The van der Waals surface area contributed by atoms with Crippen LogP contribution in [0.3, 0.4) is 0 Å². The number of hydrogen-bond donors (Lipinski definition) is 2. The molecule has 0 spiro atoms. The van der Waals surface area contributed by atoms with Crippen LogP contribution >= 0.6 is 23.2 Å². The van der Waals surface area contributed by atoms with E-state index in [1.165, 1.54) is 6.33 Å². The van der Waals surface area contributed by atoms with Gasteiger partial charge in [-0.3, -0.25) is 4.79 Å². The molecule has 194 valence electrons. The number of piperazine rings is 1. The molecule has 0 radical (unpaired) electrons. The summed E-state index contributed by atoms with van der Waals surface area (Å²) in [5.74, 6) is 0.799. The van der Waals surface area contributed by atoms with Crippen molar-refractivity contribution in [2.45, 2.75) is 50.2 Å². The summed E-state index contributed by atoms with van der Waals surface area (Å²) in [6.45, 7) is 6.73. The fraction of sp³-hybridized carbons (Fsp3) is 0.577. The van der Waals surface area contributed by atoms with Gasteiger partial charge in [0, 0.05) is 51.4 Å². The number of amides is 1. The standard InChI is InChI=1S/C26H33Cl2N5O3/c1-16-12-22(35)24-23(16)25(30-15-29-24)32-8-10-33(11-9-32)26(36)19(14-31-6-4-18(34)5-7-31)17-2-3-20(27)21(28)13-17/h2-3,13,15-16,18-19,22,34-35H,4-12,14H2,1H3/t16-,19+,22-/m1/s1. The molecule has 2 N–H and O–H groups in total. The van der Waals surface area contributed by atoms with E-state index in [-0.39, 0.29) is 23.8 Å². The van der Waals surface area contributed by atoms with Crippen LogP contribution in [0.1, 0.15) is 60.9 Å². The molecular formula is C26H33Cl2N5O3. The lowest BCUT2D eigenvalue weighted by Gasteiger charge is -2.39. The van der Waals surface area contributed by atoms with E-state index in [9.17, 15) is 15.0 Å². The molecule has 2 aromatic rings. The molecule has 0 bridgehead atoms. The predicted octanol–water partition coefficient (Wildman–Crippen LogP) is 3.21. The quantitative estimate of drug-likeness (QED) is 0.609. The normalized spacial score (nSPS) is 24.1. The summed E-state index contributed by atoms with van der Waals surface area (Å²) in [4.78, 5) is 29.1. The number of piperidine rings is 1. The molecule has 2 fully saturated rings. The van der Waals surface area contributed by atoms with Gasteiger partial charge < -0.3 is 24.9 Å². The highest BCUT2D eigenvalue weighted by molar-refractivity contribution is 6.42. The molecular weight excluding hydrogens is 501 g/mol. The van der Waals surface area contributed by atoms with Crippen molar-refractivity contribution in [3.05, 3.63) is 51.4 Å². The van der Waals surface area contributed by atoms with Gasteiger partial charge in [-0.25, -0.2) is 9.97 Å². The molecule has 10 heteroatoms. The number of nitrogens with zero attached hydrogens (tertiary/aromatic N) is 5. The zero-order valence-electron chi connectivity index (χ0n) is 20.5. The second-order valence-electron chi connectivity index (χ2n) is 10.2. The van der Waals surface area contributed by atoms with Crippen LogP contribution in [0.5, 0.6) is 0 Å². The van der Waals surface area contributed by atoms with Crippen LogP contribution in [0.2, 0.25) is 10.0 Å². The Kier molecular flexibility index (Phi) is 7.70. The van der Waals surface area contributed by atoms with Crippen molar-refractivity contribution in [2.24, 2.45) is 0 Å². The fourth-order valence-corrected chi connectivity index (χ4v) is 6.04.